The SMILES string of the molecule is Cc1cc(C(N)=O)ccc1/C(Nc1ccc(CN(C)C)cc1)=C1/C(=O)Nc2cc(F)ccc21. The second kappa shape index (κ2) is 8.88. The van der Waals surface area contributed by atoms with Crippen molar-refractivity contribution in [3.8, 4) is 0 Å². The molecule has 1 aliphatic rings. The minimum atomic E-state index is -0.525. The fourth-order valence-electron chi connectivity index (χ4n) is 3.96. The first-order chi connectivity index (χ1) is 15.7. The number of anilines is 2. The number of nitrogens with two attached hydrogens (primary N) is 1. The number of nitrogens with one attached hydrogen (secondary N) is 2. The Bertz CT molecular complexity index is 1280. The Kier molecular flexibility index (Phi) is 5.98. The lowest BCUT2D eigenvalue weighted by atomic mass is 9.95. The summed E-state index contributed by atoms with van der Waals surface area (Å²) in [5, 5.41) is 6.14. The molecular formula is C26H25FN4O2. The first-order valence-electron chi connectivity index (χ1n) is 10.5. The number of benzene rings is 3. The molecule has 7 heteroatoms. The van der Waals surface area contributed by atoms with Gasteiger partial charge in [0.05, 0.1) is 17.0 Å². The predicted molar refractivity (Wildman–Crippen MR) is 129 cm³/mol. The van der Waals surface area contributed by atoms with Gasteiger partial charge in [0.25, 0.3) is 5.91 Å². The molecule has 1 aliphatic heterocycles. The number of primary amides is 1. The maximum absolute atomic E-state index is 13.8. The second-order valence-corrected chi connectivity index (χ2v) is 8.35. The quantitative estimate of drug-likeness (QED) is 0.497. The van der Waals surface area contributed by atoms with E-state index in [4.69, 9.17) is 5.73 Å². The maximum Gasteiger partial charge on any atom is 0.258 e. The first-order valence-corrected chi connectivity index (χ1v) is 10.5. The smallest absolute Gasteiger partial charge is 0.258 e. The van der Waals surface area contributed by atoms with E-state index in [9.17, 15) is 14.0 Å². The second-order valence-electron chi connectivity index (χ2n) is 8.35. The largest absolute Gasteiger partial charge is 0.366 e. The van der Waals surface area contributed by atoms with Gasteiger partial charge in [-0.1, -0.05) is 18.2 Å². The Morgan fingerprint density at radius 2 is 1.79 bits per heavy atom. The van der Waals surface area contributed by atoms with E-state index in [1.807, 2.05) is 45.3 Å². The highest BCUT2D eigenvalue weighted by molar-refractivity contribution is 6.37. The Labute approximate surface area is 191 Å². The van der Waals surface area contributed by atoms with Gasteiger partial charge in [-0.2, -0.15) is 0 Å². The van der Waals surface area contributed by atoms with Crippen molar-refractivity contribution in [2.24, 2.45) is 5.73 Å². The van der Waals surface area contributed by atoms with Crippen molar-refractivity contribution in [2.45, 2.75) is 13.5 Å². The Morgan fingerprint density at radius 3 is 2.42 bits per heavy atom. The topological polar surface area (TPSA) is 87.5 Å². The molecule has 3 aromatic carbocycles. The Hall–Kier alpha value is -3.97. The number of nitrogens with zero attached hydrogens (tertiary/aromatic N) is 1. The summed E-state index contributed by atoms with van der Waals surface area (Å²) >= 11 is 0. The van der Waals surface area contributed by atoms with Crippen LogP contribution in [-0.4, -0.2) is 30.8 Å². The van der Waals surface area contributed by atoms with E-state index in [1.54, 1.807) is 24.3 Å². The first kappa shape index (κ1) is 22.2. The van der Waals surface area contributed by atoms with Gasteiger partial charge in [-0.25, -0.2) is 4.39 Å². The minimum Gasteiger partial charge on any atom is -0.366 e. The lowest BCUT2D eigenvalue weighted by Gasteiger charge is -2.18. The summed E-state index contributed by atoms with van der Waals surface area (Å²) in [4.78, 5) is 26.7. The van der Waals surface area contributed by atoms with Crippen LogP contribution < -0.4 is 16.4 Å². The van der Waals surface area contributed by atoms with E-state index >= 15 is 0 Å². The molecule has 2 amide bonds. The van der Waals surface area contributed by atoms with E-state index < -0.39 is 11.7 Å². The molecule has 3 aromatic rings. The Balaban J connectivity index is 1.85. The molecule has 0 saturated carbocycles. The summed E-state index contributed by atoms with van der Waals surface area (Å²) in [7, 11) is 4.01. The van der Waals surface area contributed by atoms with Gasteiger partial charge in [0.15, 0.2) is 0 Å². The molecule has 0 fully saturated rings. The summed E-state index contributed by atoms with van der Waals surface area (Å²) in [6, 6.07) is 17.2. The molecule has 4 rings (SSSR count). The zero-order valence-corrected chi connectivity index (χ0v) is 18.7. The van der Waals surface area contributed by atoms with Crippen molar-refractivity contribution < 1.29 is 14.0 Å². The van der Waals surface area contributed by atoms with Crippen LogP contribution in [0.15, 0.2) is 60.7 Å². The van der Waals surface area contributed by atoms with E-state index in [0.29, 0.717) is 28.1 Å². The molecule has 33 heavy (non-hydrogen) atoms. The van der Waals surface area contributed by atoms with Crippen LogP contribution in [0.4, 0.5) is 15.8 Å². The molecule has 0 radical (unpaired) electrons. The van der Waals surface area contributed by atoms with Gasteiger partial charge < -0.3 is 21.3 Å². The number of carbonyl (C=O) groups is 2. The molecule has 0 spiro atoms. The molecule has 0 unspecified atom stereocenters. The minimum absolute atomic E-state index is 0.333. The van der Waals surface area contributed by atoms with Gasteiger partial charge in [0.1, 0.15) is 5.82 Å². The van der Waals surface area contributed by atoms with Gasteiger partial charge >= 0.3 is 0 Å². The van der Waals surface area contributed by atoms with Crippen LogP contribution in [0, 0.1) is 12.7 Å². The fourth-order valence-corrected chi connectivity index (χ4v) is 3.96. The number of hydrogen-bond donors (Lipinski definition) is 3. The van der Waals surface area contributed by atoms with Crippen molar-refractivity contribution in [2.75, 3.05) is 24.7 Å². The van der Waals surface area contributed by atoms with E-state index in [0.717, 1.165) is 28.9 Å². The summed E-state index contributed by atoms with van der Waals surface area (Å²) in [6.45, 7) is 2.66. The van der Waals surface area contributed by atoms with Crippen molar-refractivity contribution in [1.29, 1.82) is 0 Å². The van der Waals surface area contributed by atoms with Crippen molar-refractivity contribution in [3.05, 3.63) is 94.3 Å². The third-order valence-electron chi connectivity index (χ3n) is 5.48. The molecule has 0 atom stereocenters. The molecule has 6 nitrogen and oxygen atoms in total. The number of aryl methyl sites for hydroxylation is 1. The third kappa shape index (κ3) is 4.63. The molecule has 0 bridgehead atoms. The molecule has 168 valence electrons. The van der Waals surface area contributed by atoms with Gasteiger partial charge in [-0.3, -0.25) is 9.59 Å². The maximum atomic E-state index is 13.8. The fraction of sp³-hybridized carbons (Fsp3) is 0.154. The lowest BCUT2D eigenvalue weighted by molar-refractivity contribution is -0.110. The number of hydrogen-bond acceptors (Lipinski definition) is 4. The summed E-state index contributed by atoms with van der Waals surface area (Å²) < 4.78 is 13.8. The van der Waals surface area contributed by atoms with Gasteiger partial charge in [-0.05, 0) is 74.6 Å². The van der Waals surface area contributed by atoms with Crippen LogP contribution >= 0.6 is 0 Å². The average molecular weight is 445 g/mol. The van der Waals surface area contributed by atoms with Crippen molar-refractivity contribution in [3.63, 3.8) is 0 Å². The number of halogens is 1. The van der Waals surface area contributed by atoms with Gasteiger partial charge in [0, 0.05) is 28.9 Å². The number of amides is 2. The molecule has 0 aliphatic carbocycles. The van der Waals surface area contributed by atoms with Crippen molar-refractivity contribution in [1.82, 2.24) is 4.90 Å². The summed E-state index contributed by atoms with van der Waals surface area (Å²) in [6.07, 6.45) is 0. The van der Waals surface area contributed by atoms with E-state index in [2.05, 4.69) is 15.5 Å². The van der Waals surface area contributed by atoms with E-state index in [1.165, 1.54) is 12.1 Å². The average Bonchev–Trinajstić information content (AvgIpc) is 3.07. The van der Waals surface area contributed by atoms with Gasteiger partial charge in [0.2, 0.25) is 5.91 Å². The summed E-state index contributed by atoms with van der Waals surface area (Å²) in [5.41, 5.74) is 11.3. The van der Waals surface area contributed by atoms with Crippen molar-refractivity contribution >= 4 is 34.5 Å². The molecular weight excluding hydrogens is 419 g/mol. The zero-order valence-electron chi connectivity index (χ0n) is 18.7. The molecule has 0 saturated heterocycles. The van der Waals surface area contributed by atoms with Crippen LogP contribution in [0.25, 0.3) is 11.3 Å². The molecule has 1 heterocycles. The number of fused-ring (bicyclic) bond motifs is 1. The number of carbonyl (C=O) groups excluding carboxylic acids is 2. The van der Waals surface area contributed by atoms with Gasteiger partial charge in [-0.15, -0.1) is 0 Å². The predicted octanol–water partition coefficient (Wildman–Crippen LogP) is 4.23. The van der Waals surface area contributed by atoms with Crippen LogP contribution in [0.1, 0.15) is 32.6 Å². The van der Waals surface area contributed by atoms with E-state index in [-0.39, 0.29) is 5.91 Å². The van der Waals surface area contributed by atoms with Crippen LogP contribution in [0.3, 0.4) is 0 Å². The monoisotopic (exact) mass is 444 g/mol. The highest BCUT2D eigenvalue weighted by Crippen LogP contribution is 2.38. The number of rotatable bonds is 6. The summed E-state index contributed by atoms with van der Waals surface area (Å²) in [5.74, 6) is -1.29. The third-order valence-corrected chi connectivity index (χ3v) is 5.48. The van der Waals surface area contributed by atoms with Crippen LogP contribution in [0.5, 0.6) is 0 Å². The Morgan fingerprint density at radius 1 is 1.06 bits per heavy atom. The molecule has 0 aromatic heterocycles. The highest BCUT2D eigenvalue weighted by Gasteiger charge is 2.29. The zero-order chi connectivity index (χ0) is 23.7. The normalized spacial score (nSPS) is 14.2. The van der Waals surface area contributed by atoms with Crippen LogP contribution in [0.2, 0.25) is 0 Å². The highest BCUT2D eigenvalue weighted by atomic mass is 19.1. The van der Waals surface area contributed by atoms with Crippen LogP contribution in [-0.2, 0) is 11.3 Å². The lowest BCUT2D eigenvalue weighted by Crippen LogP contribution is -2.13. The standard InChI is InChI=1S/C26H25FN4O2/c1-15-12-17(25(28)32)6-10-20(15)24(29-19-8-4-16(5-9-19)14-31(2)3)23-21-11-7-18(27)13-22(21)30-26(23)33/h4-13,29H,14H2,1-3H3,(H2,28,32)(H,30,33)/b24-23-. The molecule has 4 N–H and O–H groups in total.